The molecule has 0 bridgehead atoms. The number of benzene rings is 1. The van der Waals surface area contributed by atoms with Gasteiger partial charge in [0.1, 0.15) is 0 Å². The average molecular weight is 257 g/mol. The summed E-state index contributed by atoms with van der Waals surface area (Å²) in [6, 6.07) is 5.07. The second-order valence-corrected chi connectivity index (χ2v) is 5.62. The Morgan fingerprint density at radius 2 is 2.24 bits per heavy atom. The summed E-state index contributed by atoms with van der Waals surface area (Å²) in [6.07, 6.45) is 0. The SMILES string of the molecule is COS(=O)(=O)c1ccc(C)cc1[C@H]1COCN1. The molecule has 0 aromatic heterocycles. The fourth-order valence-corrected chi connectivity index (χ4v) is 2.76. The Kier molecular flexibility index (Phi) is 3.48. The molecule has 1 fully saturated rings. The van der Waals surface area contributed by atoms with E-state index in [1.54, 1.807) is 12.1 Å². The maximum Gasteiger partial charge on any atom is 0.297 e. The lowest BCUT2D eigenvalue weighted by Crippen LogP contribution is -2.18. The molecular weight excluding hydrogens is 242 g/mol. The van der Waals surface area contributed by atoms with Crippen LogP contribution in [0.15, 0.2) is 23.1 Å². The van der Waals surface area contributed by atoms with Crippen LogP contribution in [-0.2, 0) is 19.0 Å². The van der Waals surface area contributed by atoms with Crippen molar-refractivity contribution in [2.24, 2.45) is 0 Å². The van der Waals surface area contributed by atoms with Crippen LogP contribution < -0.4 is 5.32 Å². The predicted octanol–water partition coefficient (Wildman–Crippen LogP) is 0.949. The standard InChI is InChI=1S/C11H15NO4S/c1-8-3-4-11(17(13,14)15-2)9(5-8)10-6-16-7-12-10/h3-5,10,12H,6-7H2,1-2H3/t10-/m1/s1. The molecule has 1 heterocycles. The number of hydrogen-bond donors (Lipinski definition) is 1. The number of ether oxygens (including phenoxy) is 1. The van der Waals surface area contributed by atoms with Gasteiger partial charge in [-0.25, -0.2) is 0 Å². The van der Waals surface area contributed by atoms with Gasteiger partial charge in [0.25, 0.3) is 10.1 Å². The number of aryl methyl sites for hydroxylation is 1. The molecule has 1 aliphatic rings. The van der Waals surface area contributed by atoms with Gasteiger partial charge in [-0.1, -0.05) is 17.7 Å². The van der Waals surface area contributed by atoms with Gasteiger partial charge in [-0.2, -0.15) is 8.42 Å². The number of nitrogens with one attached hydrogen (secondary N) is 1. The molecule has 0 amide bonds. The van der Waals surface area contributed by atoms with E-state index in [2.05, 4.69) is 9.50 Å². The minimum Gasteiger partial charge on any atom is -0.364 e. The summed E-state index contributed by atoms with van der Waals surface area (Å²) < 4.78 is 33.4. The van der Waals surface area contributed by atoms with Crippen LogP contribution in [0.5, 0.6) is 0 Å². The molecule has 1 aromatic carbocycles. The second kappa shape index (κ2) is 4.73. The van der Waals surface area contributed by atoms with E-state index < -0.39 is 10.1 Å². The van der Waals surface area contributed by atoms with Crippen molar-refractivity contribution in [3.63, 3.8) is 0 Å². The third kappa shape index (κ3) is 2.50. The molecule has 2 rings (SSSR count). The lowest BCUT2D eigenvalue weighted by atomic mass is 10.1. The van der Waals surface area contributed by atoms with Crippen LogP contribution in [0.1, 0.15) is 17.2 Å². The van der Waals surface area contributed by atoms with Gasteiger partial charge in [0, 0.05) is 0 Å². The van der Waals surface area contributed by atoms with Crippen molar-refractivity contribution in [1.82, 2.24) is 5.32 Å². The van der Waals surface area contributed by atoms with Crippen LogP contribution in [0.25, 0.3) is 0 Å². The lowest BCUT2D eigenvalue weighted by molar-refractivity contribution is 0.189. The largest absolute Gasteiger partial charge is 0.364 e. The van der Waals surface area contributed by atoms with Gasteiger partial charge in [-0.15, -0.1) is 0 Å². The molecule has 5 nitrogen and oxygen atoms in total. The van der Waals surface area contributed by atoms with E-state index in [1.807, 2.05) is 13.0 Å². The Balaban J connectivity index is 2.51. The Morgan fingerprint density at radius 3 is 2.82 bits per heavy atom. The van der Waals surface area contributed by atoms with E-state index >= 15 is 0 Å². The molecule has 0 radical (unpaired) electrons. The van der Waals surface area contributed by atoms with Crippen molar-refractivity contribution >= 4 is 10.1 Å². The first kappa shape index (κ1) is 12.5. The van der Waals surface area contributed by atoms with Crippen LogP contribution in [0, 0.1) is 6.92 Å². The van der Waals surface area contributed by atoms with E-state index in [4.69, 9.17) is 4.74 Å². The van der Waals surface area contributed by atoms with Crippen molar-refractivity contribution in [3.8, 4) is 0 Å². The summed E-state index contributed by atoms with van der Waals surface area (Å²) in [5.74, 6) is 0. The molecule has 0 saturated carbocycles. The van der Waals surface area contributed by atoms with E-state index in [0.717, 1.165) is 12.7 Å². The van der Waals surface area contributed by atoms with Crippen LogP contribution in [0.4, 0.5) is 0 Å². The third-order valence-corrected chi connectivity index (χ3v) is 4.10. The fraction of sp³-hybridized carbons (Fsp3) is 0.455. The van der Waals surface area contributed by atoms with E-state index in [1.165, 1.54) is 0 Å². The highest BCUT2D eigenvalue weighted by atomic mass is 32.2. The lowest BCUT2D eigenvalue weighted by Gasteiger charge is -2.14. The van der Waals surface area contributed by atoms with Crippen molar-refractivity contribution < 1.29 is 17.3 Å². The van der Waals surface area contributed by atoms with Crippen molar-refractivity contribution in [2.75, 3.05) is 20.4 Å². The first-order valence-corrected chi connectivity index (χ1v) is 6.68. The maximum atomic E-state index is 11.8. The monoisotopic (exact) mass is 257 g/mol. The van der Waals surface area contributed by atoms with Gasteiger partial charge in [-0.05, 0) is 18.6 Å². The van der Waals surface area contributed by atoms with E-state index in [0.29, 0.717) is 18.9 Å². The Morgan fingerprint density at radius 1 is 1.47 bits per heavy atom. The highest BCUT2D eigenvalue weighted by Crippen LogP contribution is 2.27. The molecular formula is C11H15NO4S. The van der Waals surface area contributed by atoms with E-state index in [-0.39, 0.29) is 10.9 Å². The topological polar surface area (TPSA) is 64.6 Å². The zero-order chi connectivity index (χ0) is 12.5. The summed E-state index contributed by atoms with van der Waals surface area (Å²) >= 11 is 0. The highest BCUT2D eigenvalue weighted by Gasteiger charge is 2.26. The second-order valence-electron chi connectivity index (χ2n) is 3.93. The van der Waals surface area contributed by atoms with Gasteiger partial charge in [0.05, 0.1) is 31.4 Å². The molecule has 0 aliphatic carbocycles. The van der Waals surface area contributed by atoms with Crippen LogP contribution in [0.3, 0.4) is 0 Å². The minimum absolute atomic E-state index is 0.102. The molecule has 1 N–H and O–H groups in total. The molecule has 0 spiro atoms. The maximum absolute atomic E-state index is 11.8. The number of rotatable bonds is 3. The van der Waals surface area contributed by atoms with Crippen LogP contribution in [0.2, 0.25) is 0 Å². The Labute approximate surface area is 101 Å². The first-order chi connectivity index (χ1) is 8.04. The summed E-state index contributed by atoms with van der Waals surface area (Å²) in [5, 5.41) is 3.09. The zero-order valence-electron chi connectivity index (χ0n) is 9.76. The Bertz CT molecular complexity index is 506. The van der Waals surface area contributed by atoms with Gasteiger partial charge in [0.2, 0.25) is 0 Å². The smallest absolute Gasteiger partial charge is 0.297 e. The summed E-state index contributed by atoms with van der Waals surface area (Å²) in [6.45, 7) is 2.82. The molecule has 1 aliphatic heterocycles. The summed E-state index contributed by atoms with van der Waals surface area (Å²) in [7, 11) is -2.51. The first-order valence-electron chi connectivity index (χ1n) is 5.27. The molecule has 17 heavy (non-hydrogen) atoms. The van der Waals surface area contributed by atoms with Crippen LogP contribution >= 0.6 is 0 Å². The third-order valence-electron chi connectivity index (χ3n) is 2.75. The molecule has 94 valence electrons. The molecule has 1 saturated heterocycles. The summed E-state index contributed by atoms with van der Waals surface area (Å²) in [4.78, 5) is 0.202. The quantitative estimate of drug-likeness (QED) is 0.817. The molecule has 1 atom stereocenters. The highest BCUT2D eigenvalue weighted by molar-refractivity contribution is 7.86. The predicted molar refractivity (Wildman–Crippen MR) is 62.1 cm³/mol. The molecule has 6 heteroatoms. The van der Waals surface area contributed by atoms with Crippen molar-refractivity contribution in [3.05, 3.63) is 29.3 Å². The minimum atomic E-state index is -3.68. The zero-order valence-corrected chi connectivity index (χ0v) is 10.6. The van der Waals surface area contributed by atoms with Gasteiger partial charge < -0.3 is 4.74 Å². The fourth-order valence-electron chi connectivity index (χ4n) is 1.85. The van der Waals surface area contributed by atoms with Gasteiger partial charge >= 0.3 is 0 Å². The Hall–Kier alpha value is -0.950. The van der Waals surface area contributed by atoms with Crippen molar-refractivity contribution in [2.45, 2.75) is 17.9 Å². The van der Waals surface area contributed by atoms with Crippen molar-refractivity contribution in [1.29, 1.82) is 0 Å². The summed E-state index contributed by atoms with van der Waals surface area (Å²) in [5.41, 5.74) is 1.70. The van der Waals surface area contributed by atoms with Crippen LogP contribution in [-0.4, -0.2) is 28.9 Å². The number of hydrogen-bond acceptors (Lipinski definition) is 5. The van der Waals surface area contributed by atoms with Gasteiger partial charge in [-0.3, -0.25) is 9.50 Å². The normalized spacial score (nSPS) is 20.7. The van der Waals surface area contributed by atoms with E-state index in [9.17, 15) is 8.42 Å². The molecule has 0 unspecified atom stereocenters. The van der Waals surface area contributed by atoms with Gasteiger partial charge in [0.15, 0.2) is 0 Å². The average Bonchev–Trinajstić information content (AvgIpc) is 2.82. The molecule has 1 aromatic rings.